The van der Waals surface area contributed by atoms with Crippen LogP contribution >= 0.6 is 22.6 Å². The third kappa shape index (κ3) is 9.71. The molecule has 2 aliphatic rings. The first kappa shape index (κ1) is 39.6. The minimum atomic E-state index is -2.31. The predicted molar refractivity (Wildman–Crippen MR) is 193 cm³/mol. The third-order valence-electron chi connectivity index (χ3n) is 10.7. The first-order chi connectivity index (χ1) is 19.3. The minimum Gasteiger partial charge on any atom is -0.469 e. The van der Waals surface area contributed by atoms with Gasteiger partial charge in [0, 0.05) is 0 Å². The fraction of sp³-hybridized carbons (Fsp3) is 0.906. The zero-order chi connectivity index (χ0) is 33.4. The van der Waals surface area contributed by atoms with E-state index < -0.39 is 31.1 Å². The normalized spacial score (nSPS) is 29.0. The van der Waals surface area contributed by atoms with Crippen molar-refractivity contribution >= 4 is 53.5 Å². The summed E-state index contributed by atoms with van der Waals surface area (Å²) in [4.78, 5) is 12.3. The molecule has 43 heavy (non-hydrogen) atoms. The van der Waals surface area contributed by atoms with Gasteiger partial charge in [0.1, 0.15) is 24.4 Å². The molecule has 2 saturated heterocycles. The molecule has 0 aromatic rings. The number of ether oxygens (including phenoxy) is 3. The van der Waals surface area contributed by atoms with Crippen LogP contribution in [0.1, 0.15) is 81.6 Å². The fourth-order valence-electron chi connectivity index (χ4n) is 4.77. The number of hydrogen-bond donors (Lipinski definition) is 0. The van der Waals surface area contributed by atoms with Crippen LogP contribution in [0.25, 0.3) is 0 Å². The summed E-state index contributed by atoms with van der Waals surface area (Å²) in [6.45, 7) is 34.1. The Morgan fingerprint density at radius 3 is 1.74 bits per heavy atom. The zero-order valence-corrected chi connectivity index (χ0v) is 35.2. The van der Waals surface area contributed by atoms with Crippen molar-refractivity contribution < 1.29 is 32.3 Å². The average Bonchev–Trinajstić information content (AvgIpc) is 2.82. The van der Waals surface area contributed by atoms with E-state index >= 15 is 0 Å². The summed E-state index contributed by atoms with van der Waals surface area (Å²) < 4.78 is 42.8. The van der Waals surface area contributed by atoms with Crippen LogP contribution in [0.2, 0.25) is 54.4 Å². The lowest BCUT2D eigenvalue weighted by Gasteiger charge is -2.56. The largest absolute Gasteiger partial charge is 0.469 e. The Morgan fingerprint density at radius 1 is 0.814 bits per heavy atom. The van der Waals surface area contributed by atoms with Crippen molar-refractivity contribution in [1.29, 1.82) is 0 Å². The first-order valence-electron chi connectivity index (χ1n) is 16.0. The van der Waals surface area contributed by atoms with E-state index in [1.54, 1.807) is 0 Å². The number of methoxy groups -OCH3 is 1. The number of fused-ring (bicyclic) bond motifs is 1. The monoisotopic (exact) mass is 770 g/mol. The Kier molecular flexibility index (Phi) is 13.1. The van der Waals surface area contributed by atoms with E-state index in [2.05, 4.69) is 130 Å². The molecular formula is C32H63IO7Si3. The summed E-state index contributed by atoms with van der Waals surface area (Å²) in [5.74, 6) is -0.260. The maximum Gasteiger partial charge on any atom is 0.308 e. The highest BCUT2D eigenvalue weighted by atomic mass is 127. The molecule has 0 amide bonds. The molecule has 2 rings (SSSR count). The molecule has 2 fully saturated rings. The van der Waals surface area contributed by atoms with Gasteiger partial charge in [0.25, 0.3) is 0 Å². The molecule has 2 heterocycles. The van der Waals surface area contributed by atoms with E-state index in [0.29, 0.717) is 0 Å². The van der Waals surface area contributed by atoms with E-state index in [9.17, 15) is 4.79 Å². The van der Waals surface area contributed by atoms with Gasteiger partial charge < -0.3 is 27.5 Å². The number of carbonyl (C=O) groups excluding carboxylic acids is 1. The Hall–Kier alpha value is 0.391. The summed E-state index contributed by atoms with van der Waals surface area (Å²) in [5.41, 5.74) is 0. The van der Waals surface area contributed by atoms with Crippen LogP contribution in [-0.4, -0.2) is 80.8 Å². The molecule has 0 spiro atoms. The standard InChI is InChI=1S/C32H63IO7Si3/c1-30(2,3)41(11,12)38-24(19-20-33)27-29(40-43(15,16)32(7,8)9)28(39-42(13,14)31(4,5)6)26-23(37-27)18-17-22(36-26)21-25(34)35-10/h19-20,22-24,26-29H,17-18,21H2,1-16H3/t22-,23+,24+,26+,27+,28+,29-/m1/s1. The molecule has 7 nitrogen and oxygen atoms in total. The van der Waals surface area contributed by atoms with Crippen LogP contribution in [0.3, 0.4) is 0 Å². The van der Waals surface area contributed by atoms with E-state index in [4.69, 9.17) is 27.5 Å². The zero-order valence-electron chi connectivity index (χ0n) is 30.1. The smallest absolute Gasteiger partial charge is 0.308 e. The van der Waals surface area contributed by atoms with Crippen molar-refractivity contribution in [2.75, 3.05) is 7.11 Å². The molecule has 0 N–H and O–H groups in total. The third-order valence-corrected chi connectivity index (χ3v) is 24.5. The second-order valence-corrected chi connectivity index (χ2v) is 32.1. The van der Waals surface area contributed by atoms with Gasteiger partial charge in [-0.2, -0.15) is 0 Å². The van der Waals surface area contributed by atoms with E-state index in [1.807, 2.05) is 4.08 Å². The van der Waals surface area contributed by atoms with Crippen molar-refractivity contribution in [2.45, 2.75) is 179 Å². The maximum absolute atomic E-state index is 12.3. The molecule has 0 saturated carbocycles. The molecule has 0 aromatic heterocycles. The molecule has 0 aliphatic carbocycles. The van der Waals surface area contributed by atoms with Crippen LogP contribution in [0.4, 0.5) is 0 Å². The van der Waals surface area contributed by atoms with Gasteiger partial charge in [-0.15, -0.1) is 0 Å². The molecular weight excluding hydrogens is 708 g/mol. The van der Waals surface area contributed by atoms with Crippen LogP contribution < -0.4 is 0 Å². The summed E-state index contributed by atoms with van der Waals surface area (Å²) in [7, 11) is -5.36. The Morgan fingerprint density at radius 2 is 1.30 bits per heavy atom. The summed E-state index contributed by atoms with van der Waals surface area (Å²) in [6.07, 6.45) is 1.61. The van der Waals surface area contributed by atoms with Gasteiger partial charge in [0.2, 0.25) is 0 Å². The SMILES string of the molecule is COC(=O)C[C@H]1CC[C@@H]2O[C@@H]([C@H](C=CI)O[Si](C)(C)C(C)(C)C)[C@@H](O[Si](C)(C)C(C)(C)C)[C@@H](O[Si](C)(C)C(C)(C)C)[C@H]2O1. The van der Waals surface area contributed by atoms with Crippen molar-refractivity contribution in [3.05, 3.63) is 10.2 Å². The van der Waals surface area contributed by atoms with Gasteiger partial charge in [0.05, 0.1) is 31.8 Å². The molecule has 0 aromatic carbocycles. The van der Waals surface area contributed by atoms with Crippen molar-refractivity contribution in [2.24, 2.45) is 0 Å². The maximum atomic E-state index is 12.3. The molecule has 2 aliphatic heterocycles. The predicted octanol–water partition coefficient (Wildman–Crippen LogP) is 8.98. The number of carbonyl (C=O) groups is 1. The van der Waals surface area contributed by atoms with E-state index in [0.717, 1.165) is 12.8 Å². The van der Waals surface area contributed by atoms with Gasteiger partial charge in [-0.3, -0.25) is 4.79 Å². The second-order valence-electron chi connectivity index (χ2n) is 17.1. The first-order valence-corrected chi connectivity index (χ1v) is 25.9. The fourth-order valence-corrected chi connectivity index (χ4v) is 9.03. The summed E-state index contributed by atoms with van der Waals surface area (Å²) in [5, 5.41) is -0.00778. The van der Waals surface area contributed by atoms with Crippen molar-refractivity contribution in [3.8, 4) is 0 Å². The highest BCUT2D eigenvalue weighted by molar-refractivity contribution is 14.1. The number of halogens is 1. The number of hydrogen-bond acceptors (Lipinski definition) is 7. The number of esters is 1. The molecule has 7 atom stereocenters. The van der Waals surface area contributed by atoms with E-state index in [1.165, 1.54) is 7.11 Å². The van der Waals surface area contributed by atoms with Gasteiger partial charge in [-0.1, -0.05) is 84.9 Å². The van der Waals surface area contributed by atoms with Crippen LogP contribution in [0.5, 0.6) is 0 Å². The Bertz CT molecular complexity index is 965. The second kappa shape index (κ2) is 14.2. The number of rotatable bonds is 10. The van der Waals surface area contributed by atoms with Crippen LogP contribution in [0, 0.1) is 0 Å². The lowest BCUT2D eigenvalue weighted by Crippen LogP contribution is -2.69. The van der Waals surface area contributed by atoms with Gasteiger partial charge in [0.15, 0.2) is 25.0 Å². The van der Waals surface area contributed by atoms with Crippen molar-refractivity contribution in [3.63, 3.8) is 0 Å². The Labute approximate surface area is 280 Å². The van der Waals surface area contributed by atoms with Crippen LogP contribution in [0.15, 0.2) is 10.2 Å². The van der Waals surface area contributed by atoms with Crippen LogP contribution in [-0.2, 0) is 32.3 Å². The lowest BCUT2D eigenvalue weighted by atomic mass is 9.87. The van der Waals surface area contributed by atoms with Gasteiger partial charge >= 0.3 is 5.97 Å². The van der Waals surface area contributed by atoms with Gasteiger partial charge in [-0.05, 0) is 77.4 Å². The lowest BCUT2D eigenvalue weighted by molar-refractivity contribution is -0.266. The van der Waals surface area contributed by atoms with E-state index in [-0.39, 0.29) is 64.1 Å². The quantitative estimate of drug-likeness (QED) is 0.125. The highest BCUT2D eigenvalue weighted by Gasteiger charge is 2.57. The molecule has 11 heteroatoms. The molecule has 252 valence electrons. The molecule has 0 bridgehead atoms. The van der Waals surface area contributed by atoms with Crippen molar-refractivity contribution in [1.82, 2.24) is 0 Å². The highest BCUT2D eigenvalue weighted by Crippen LogP contribution is 2.47. The Balaban J connectivity index is 2.73. The molecule has 0 radical (unpaired) electrons. The average molecular weight is 771 g/mol. The topological polar surface area (TPSA) is 72.5 Å². The summed E-state index contributed by atoms with van der Waals surface area (Å²) >= 11 is 2.29. The summed E-state index contributed by atoms with van der Waals surface area (Å²) in [6, 6.07) is 0. The minimum absolute atomic E-state index is 0.0168. The van der Waals surface area contributed by atoms with Gasteiger partial charge in [-0.25, -0.2) is 0 Å². The molecule has 0 unspecified atom stereocenters.